The molecule has 1 N–H and O–H groups in total. The van der Waals surface area contributed by atoms with E-state index < -0.39 is 0 Å². The van der Waals surface area contributed by atoms with Gasteiger partial charge in [0.1, 0.15) is 0 Å². The number of aromatic nitrogens is 2. The van der Waals surface area contributed by atoms with Crippen molar-refractivity contribution >= 4 is 11.0 Å². The van der Waals surface area contributed by atoms with Crippen LogP contribution in [-0.4, -0.2) is 27.5 Å². The lowest BCUT2D eigenvalue weighted by atomic mass is 9.86. The molecule has 4 heteroatoms. The zero-order valence-electron chi connectivity index (χ0n) is 15.0. The van der Waals surface area contributed by atoms with E-state index in [2.05, 4.69) is 40.2 Å². The summed E-state index contributed by atoms with van der Waals surface area (Å²) in [5.74, 6) is 0. The van der Waals surface area contributed by atoms with E-state index in [1.807, 2.05) is 22.8 Å². The van der Waals surface area contributed by atoms with E-state index >= 15 is 0 Å². The molecule has 0 spiro atoms. The number of H-pyrrole nitrogens is 1. The lowest BCUT2D eigenvalue weighted by Gasteiger charge is -2.40. The number of imidazole rings is 1. The van der Waals surface area contributed by atoms with Crippen molar-refractivity contribution in [3.05, 3.63) is 70.1 Å². The molecule has 4 nitrogen and oxygen atoms in total. The predicted molar refractivity (Wildman–Crippen MR) is 105 cm³/mol. The van der Waals surface area contributed by atoms with E-state index in [1.165, 1.54) is 30.4 Å². The Bertz CT molecular complexity index is 978. The molecule has 1 aliphatic heterocycles. The molecule has 0 amide bonds. The Hall–Kier alpha value is -2.33. The Balaban J connectivity index is 1.37. The maximum Gasteiger partial charge on any atom is 0.326 e. The quantitative estimate of drug-likeness (QED) is 0.760. The number of benzene rings is 2. The van der Waals surface area contributed by atoms with Crippen molar-refractivity contribution < 1.29 is 0 Å². The highest BCUT2D eigenvalue weighted by molar-refractivity contribution is 5.75. The number of para-hydroxylation sites is 2. The minimum atomic E-state index is 0.0349. The summed E-state index contributed by atoms with van der Waals surface area (Å²) in [4.78, 5) is 18.1. The van der Waals surface area contributed by atoms with Gasteiger partial charge in [-0.1, -0.05) is 36.4 Å². The van der Waals surface area contributed by atoms with Gasteiger partial charge >= 0.3 is 5.69 Å². The normalized spacial score (nSPS) is 21.8. The fourth-order valence-electron chi connectivity index (χ4n) is 5.00. The summed E-state index contributed by atoms with van der Waals surface area (Å²) in [5.41, 5.74) is 5.08. The van der Waals surface area contributed by atoms with Crippen molar-refractivity contribution in [3.8, 4) is 0 Å². The van der Waals surface area contributed by atoms with Crippen molar-refractivity contribution in [1.82, 2.24) is 14.5 Å². The monoisotopic (exact) mass is 347 g/mol. The van der Waals surface area contributed by atoms with E-state index in [4.69, 9.17) is 0 Å². The van der Waals surface area contributed by atoms with E-state index in [-0.39, 0.29) is 5.69 Å². The van der Waals surface area contributed by atoms with Crippen LogP contribution in [-0.2, 0) is 6.42 Å². The molecule has 1 aliphatic carbocycles. The molecular weight excluding hydrogens is 322 g/mol. The van der Waals surface area contributed by atoms with Crippen molar-refractivity contribution in [1.29, 1.82) is 0 Å². The van der Waals surface area contributed by atoms with E-state index in [0.717, 1.165) is 37.0 Å². The predicted octanol–water partition coefficient (Wildman–Crippen LogP) is 4.04. The number of fused-ring (bicyclic) bond motifs is 2. The minimum absolute atomic E-state index is 0.0349. The average molecular weight is 347 g/mol. The molecule has 26 heavy (non-hydrogen) atoms. The number of nitrogens with zero attached hydrogens (tertiary/aromatic N) is 2. The number of likely N-dealkylation sites (tertiary alicyclic amines) is 1. The molecule has 1 fully saturated rings. The van der Waals surface area contributed by atoms with E-state index in [9.17, 15) is 4.79 Å². The molecule has 2 aliphatic rings. The molecule has 2 aromatic carbocycles. The number of hydrogen-bond donors (Lipinski definition) is 1. The fraction of sp³-hybridized carbons (Fsp3) is 0.409. The van der Waals surface area contributed by atoms with E-state index in [1.54, 1.807) is 0 Å². The first-order valence-electron chi connectivity index (χ1n) is 9.82. The molecule has 134 valence electrons. The Morgan fingerprint density at radius 1 is 0.923 bits per heavy atom. The second-order valence-corrected chi connectivity index (χ2v) is 7.69. The lowest BCUT2D eigenvalue weighted by molar-refractivity contribution is 0.123. The van der Waals surface area contributed by atoms with E-state index in [0.29, 0.717) is 12.1 Å². The van der Waals surface area contributed by atoms with Crippen LogP contribution in [0.3, 0.4) is 0 Å². The number of nitrogens with one attached hydrogen (secondary N) is 1. The third kappa shape index (κ3) is 2.60. The van der Waals surface area contributed by atoms with Gasteiger partial charge < -0.3 is 4.98 Å². The molecule has 1 saturated heterocycles. The van der Waals surface area contributed by atoms with Gasteiger partial charge in [-0.05, 0) is 55.4 Å². The van der Waals surface area contributed by atoms with Crippen LogP contribution in [0, 0.1) is 0 Å². The fourth-order valence-corrected chi connectivity index (χ4v) is 5.00. The lowest BCUT2D eigenvalue weighted by Crippen LogP contribution is -2.40. The van der Waals surface area contributed by atoms with Gasteiger partial charge in [-0.25, -0.2) is 4.79 Å². The number of aryl methyl sites for hydroxylation is 1. The molecule has 0 bridgehead atoms. The molecule has 1 atom stereocenters. The molecule has 5 rings (SSSR count). The first kappa shape index (κ1) is 15.9. The highest BCUT2D eigenvalue weighted by Crippen LogP contribution is 2.37. The van der Waals surface area contributed by atoms with Crippen LogP contribution in [0.15, 0.2) is 53.3 Å². The second-order valence-electron chi connectivity index (χ2n) is 7.69. The summed E-state index contributed by atoms with van der Waals surface area (Å²) in [6.45, 7) is 2.13. The largest absolute Gasteiger partial charge is 0.326 e. The number of piperidine rings is 1. The van der Waals surface area contributed by atoms with Gasteiger partial charge in [0, 0.05) is 25.2 Å². The highest BCUT2D eigenvalue weighted by atomic mass is 16.1. The van der Waals surface area contributed by atoms with Gasteiger partial charge in [-0.3, -0.25) is 9.47 Å². The standard InChI is InChI=1S/C22H25N3O/c26-22-23-19-9-3-4-10-21(19)25(22)17-12-14-24(15-13-17)20-11-5-7-16-6-1-2-8-18(16)20/h1-4,6,8-10,17,20H,5,7,11-15H2,(H,23,26)/t20-/m1/s1. The van der Waals surface area contributed by atoms with Crippen molar-refractivity contribution in [3.63, 3.8) is 0 Å². The van der Waals surface area contributed by atoms with Crippen LogP contribution in [0.5, 0.6) is 0 Å². The second kappa shape index (κ2) is 6.44. The topological polar surface area (TPSA) is 41.0 Å². The summed E-state index contributed by atoms with van der Waals surface area (Å²) < 4.78 is 1.99. The summed E-state index contributed by atoms with van der Waals surface area (Å²) in [6.07, 6.45) is 5.84. The maximum atomic E-state index is 12.5. The summed E-state index contributed by atoms with van der Waals surface area (Å²) in [6, 6.07) is 17.8. The highest BCUT2D eigenvalue weighted by Gasteiger charge is 2.30. The molecule has 0 radical (unpaired) electrons. The van der Waals surface area contributed by atoms with Crippen LogP contribution in [0.25, 0.3) is 11.0 Å². The number of aromatic amines is 1. The third-order valence-corrected chi connectivity index (χ3v) is 6.27. The molecular formula is C22H25N3O. The third-order valence-electron chi connectivity index (χ3n) is 6.27. The first-order chi connectivity index (χ1) is 12.8. The van der Waals surface area contributed by atoms with Crippen LogP contribution < -0.4 is 5.69 Å². The Labute approximate surface area is 153 Å². The van der Waals surface area contributed by atoms with Crippen LogP contribution >= 0.6 is 0 Å². The Morgan fingerprint density at radius 3 is 2.58 bits per heavy atom. The van der Waals surface area contributed by atoms with Gasteiger partial charge in [-0.2, -0.15) is 0 Å². The van der Waals surface area contributed by atoms with Gasteiger partial charge in [0.15, 0.2) is 0 Å². The SMILES string of the molecule is O=c1[nH]c2ccccc2n1C1CCN([C@@H]2CCCc3ccccc32)CC1. The zero-order valence-corrected chi connectivity index (χ0v) is 15.0. The molecule has 2 heterocycles. The number of rotatable bonds is 2. The Morgan fingerprint density at radius 2 is 1.69 bits per heavy atom. The van der Waals surface area contributed by atoms with Gasteiger partial charge in [0.25, 0.3) is 0 Å². The van der Waals surface area contributed by atoms with Crippen molar-refractivity contribution in [2.45, 2.75) is 44.2 Å². The van der Waals surface area contributed by atoms with Crippen molar-refractivity contribution in [2.24, 2.45) is 0 Å². The molecule has 1 aromatic heterocycles. The average Bonchev–Trinajstić information content (AvgIpc) is 3.03. The first-order valence-corrected chi connectivity index (χ1v) is 9.82. The molecule has 0 saturated carbocycles. The smallest absolute Gasteiger partial charge is 0.306 e. The van der Waals surface area contributed by atoms with Crippen LogP contribution in [0.1, 0.15) is 48.9 Å². The van der Waals surface area contributed by atoms with Crippen molar-refractivity contribution in [2.75, 3.05) is 13.1 Å². The maximum absolute atomic E-state index is 12.5. The van der Waals surface area contributed by atoms with Gasteiger partial charge in [-0.15, -0.1) is 0 Å². The summed E-state index contributed by atoms with van der Waals surface area (Å²) in [7, 11) is 0. The summed E-state index contributed by atoms with van der Waals surface area (Å²) >= 11 is 0. The summed E-state index contributed by atoms with van der Waals surface area (Å²) in [5, 5.41) is 0. The Kier molecular flexibility index (Phi) is 3.93. The molecule has 0 unspecified atom stereocenters. The van der Waals surface area contributed by atoms with Crippen LogP contribution in [0.4, 0.5) is 0 Å². The van der Waals surface area contributed by atoms with Gasteiger partial charge in [0.05, 0.1) is 11.0 Å². The van der Waals surface area contributed by atoms with Crippen LogP contribution in [0.2, 0.25) is 0 Å². The molecule has 3 aromatic rings. The minimum Gasteiger partial charge on any atom is -0.306 e. The zero-order chi connectivity index (χ0) is 17.5. The van der Waals surface area contributed by atoms with Gasteiger partial charge in [0.2, 0.25) is 0 Å². The number of hydrogen-bond acceptors (Lipinski definition) is 2.